The van der Waals surface area contributed by atoms with Gasteiger partial charge < -0.3 is 9.52 Å². The Hall–Kier alpha value is -0.700. The SMILES string of the molecule is OC(c1cc2cc(Cl)cc(Cl)c2o1)C1CC1. The van der Waals surface area contributed by atoms with Crippen molar-refractivity contribution >= 4 is 34.2 Å². The first-order valence-corrected chi connectivity index (χ1v) is 5.97. The molecular formula is C12H10Cl2O2. The molecule has 1 fully saturated rings. The topological polar surface area (TPSA) is 33.4 Å². The number of rotatable bonds is 2. The van der Waals surface area contributed by atoms with Crippen molar-refractivity contribution in [2.24, 2.45) is 5.92 Å². The van der Waals surface area contributed by atoms with Gasteiger partial charge in [0.15, 0.2) is 5.58 Å². The van der Waals surface area contributed by atoms with Gasteiger partial charge in [0.1, 0.15) is 11.9 Å². The molecular weight excluding hydrogens is 247 g/mol. The van der Waals surface area contributed by atoms with E-state index in [1.807, 2.05) is 6.07 Å². The number of fused-ring (bicyclic) bond motifs is 1. The number of benzene rings is 1. The van der Waals surface area contributed by atoms with Crippen molar-refractivity contribution in [2.45, 2.75) is 18.9 Å². The van der Waals surface area contributed by atoms with Gasteiger partial charge in [-0.2, -0.15) is 0 Å². The van der Waals surface area contributed by atoms with Gasteiger partial charge in [-0.3, -0.25) is 0 Å². The molecule has 0 spiro atoms. The summed E-state index contributed by atoms with van der Waals surface area (Å²) >= 11 is 11.9. The molecule has 0 bridgehead atoms. The molecule has 2 aromatic rings. The molecule has 2 nitrogen and oxygen atoms in total. The fourth-order valence-corrected chi connectivity index (χ4v) is 2.43. The highest BCUT2D eigenvalue weighted by Crippen LogP contribution is 2.43. The second-order valence-corrected chi connectivity index (χ2v) is 5.08. The van der Waals surface area contributed by atoms with Crippen molar-refractivity contribution in [3.8, 4) is 0 Å². The molecule has 4 heteroatoms. The predicted octanol–water partition coefficient (Wildman–Crippen LogP) is 4.18. The van der Waals surface area contributed by atoms with E-state index in [2.05, 4.69) is 0 Å². The van der Waals surface area contributed by atoms with E-state index in [1.165, 1.54) is 0 Å². The Labute approximate surface area is 103 Å². The summed E-state index contributed by atoms with van der Waals surface area (Å²) in [7, 11) is 0. The van der Waals surface area contributed by atoms with Crippen LogP contribution in [-0.2, 0) is 0 Å². The lowest BCUT2D eigenvalue weighted by Crippen LogP contribution is -1.96. The minimum atomic E-state index is -0.512. The molecule has 1 heterocycles. The van der Waals surface area contributed by atoms with Crippen LogP contribution in [0, 0.1) is 5.92 Å². The molecule has 0 aliphatic heterocycles. The number of halogens is 2. The highest BCUT2D eigenvalue weighted by molar-refractivity contribution is 6.38. The second-order valence-electron chi connectivity index (χ2n) is 4.24. The molecule has 16 heavy (non-hydrogen) atoms. The van der Waals surface area contributed by atoms with Gasteiger partial charge in [0.25, 0.3) is 0 Å². The van der Waals surface area contributed by atoms with E-state index in [0.29, 0.717) is 27.3 Å². The molecule has 1 N–H and O–H groups in total. The Bertz CT molecular complexity index is 543. The van der Waals surface area contributed by atoms with Crippen LogP contribution in [0.5, 0.6) is 0 Å². The highest BCUT2D eigenvalue weighted by atomic mass is 35.5. The van der Waals surface area contributed by atoms with E-state index < -0.39 is 6.10 Å². The molecule has 1 saturated carbocycles. The van der Waals surface area contributed by atoms with Crippen LogP contribution in [0.15, 0.2) is 22.6 Å². The number of hydrogen-bond donors (Lipinski definition) is 1. The van der Waals surface area contributed by atoms with E-state index in [0.717, 1.165) is 18.2 Å². The Kier molecular flexibility index (Phi) is 2.39. The average molecular weight is 257 g/mol. The summed E-state index contributed by atoms with van der Waals surface area (Å²) in [6.45, 7) is 0. The minimum Gasteiger partial charge on any atom is -0.457 e. The summed E-state index contributed by atoms with van der Waals surface area (Å²) in [5, 5.41) is 11.8. The van der Waals surface area contributed by atoms with Crippen molar-refractivity contribution < 1.29 is 9.52 Å². The molecule has 0 amide bonds. The maximum absolute atomic E-state index is 9.95. The van der Waals surface area contributed by atoms with Gasteiger partial charge in [0.2, 0.25) is 0 Å². The van der Waals surface area contributed by atoms with Crippen molar-refractivity contribution in [1.82, 2.24) is 0 Å². The average Bonchev–Trinajstić information content (AvgIpc) is 2.97. The quantitative estimate of drug-likeness (QED) is 0.875. The van der Waals surface area contributed by atoms with Gasteiger partial charge >= 0.3 is 0 Å². The third kappa shape index (κ3) is 1.71. The number of furan rings is 1. The van der Waals surface area contributed by atoms with Gasteiger partial charge in [-0.15, -0.1) is 0 Å². The molecule has 1 aromatic heterocycles. The normalized spacial score (nSPS) is 17.9. The third-order valence-corrected chi connectivity index (χ3v) is 3.41. The Morgan fingerprint density at radius 3 is 2.69 bits per heavy atom. The van der Waals surface area contributed by atoms with Gasteiger partial charge in [0, 0.05) is 10.4 Å². The minimum absolute atomic E-state index is 0.342. The smallest absolute Gasteiger partial charge is 0.153 e. The van der Waals surface area contributed by atoms with E-state index in [9.17, 15) is 5.11 Å². The highest BCUT2D eigenvalue weighted by Gasteiger charge is 2.33. The zero-order valence-corrected chi connectivity index (χ0v) is 9.92. The van der Waals surface area contributed by atoms with E-state index >= 15 is 0 Å². The zero-order chi connectivity index (χ0) is 11.3. The molecule has 1 atom stereocenters. The first kappa shape index (κ1) is 10.5. The van der Waals surface area contributed by atoms with Crippen LogP contribution >= 0.6 is 23.2 Å². The van der Waals surface area contributed by atoms with Crippen LogP contribution in [0.2, 0.25) is 10.0 Å². The van der Waals surface area contributed by atoms with Crippen LogP contribution in [0.1, 0.15) is 24.7 Å². The van der Waals surface area contributed by atoms with Gasteiger partial charge in [-0.1, -0.05) is 23.2 Å². The molecule has 1 unspecified atom stereocenters. The van der Waals surface area contributed by atoms with Crippen LogP contribution in [0.25, 0.3) is 11.0 Å². The van der Waals surface area contributed by atoms with Crippen molar-refractivity contribution in [3.63, 3.8) is 0 Å². The molecule has 3 rings (SSSR count). The maximum Gasteiger partial charge on any atom is 0.153 e. The van der Waals surface area contributed by atoms with Crippen LogP contribution in [-0.4, -0.2) is 5.11 Å². The monoisotopic (exact) mass is 256 g/mol. The van der Waals surface area contributed by atoms with Gasteiger partial charge in [-0.25, -0.2) is 0 Å². The lowest BCUT2D eigenvalue weighted by molar-refractivity contribution is 0.129. The summed E-state index contributed by atoms with van der Waals surface area (Å²) in [6, 6.07) is 5.24. The van der Waals surface area contributed by atoms with Gasteiger partial charge in [-0.05, 0) is 37.0 Å². The number of hydrogen-bond acceptors (Lipinski definition) is 2. The van der Waals surface area contributed by atoms with Crippen molar-refractivity contribution in [2.75, 3.05) is 0 Å². The molecule has 84 valence electrons. The van der Waals surface area contributed by atoms with E-state index in [4.69, 9.17) is 27.6 Å². The summed E-state index contributed by atoms with van der Waals surface area (Å²) in [5.74, 6) is 0.927. The van der Waals surface area contributed by atoms with E-state index in [-0.39, 0.29) is 0 Å². The fourth-order valence-electron chi connectivity index (χ4n) is 1.89. The number of aliphatic hydroxyl groups excluding tert-OH is 1. The zero-order valence-electron chi connectivity index (χ0n) is 8.41. The molecule has 1 aliphatic rings. The largest absolute Gasteiger partial charge is 0.457 e. The van der Waals surface area contributed by atoms with E-state index in [1.54, 1.807) is 12.1 Å². The standard InChI is InChI=1S/C12H10Cl2O2/c13-8-3-7-4-10(11(15)6-1-2-6)16-12(7)9(14)5-8/h3-6,11,15H,1-2H2. The predicted molar refractivity (Wildman–Crippen MR) is 63.9 cm³/mol. The molecule has 1 aromatic carbocycles. The molecule has 1 aliphatic carbocycles. The molecule has 0 radical (unpaired) electrons. The first-order chi connectivity index (χ1) is 7.65. The second kappa shape index (κ2) is 3.66. The Morgan fingerprint density at radius 1 is 1.25 bits per heavy atom. The van der Waals surface area contributed by atoms with Crippen molar-refractivity contribution in [3.05, 3.63) is 34.0 Å². The fraction of sp³-hybridized carbons (Fsp3) is 0.333. The third-order valence-electron chi connectivity index (χ3n) is 2.91. The summed E-state index contributed by atoms with van der Waals surface area (Å²) < 4.78 is 5.58. The summed E-state index contributed by atoms with van der Waals surface area (Å²) in [6.07, 6.45) is 1.61. The lowest BCUT2D eigenvalue weighted by atomic mass is 10.1. The lowest BCUT2D eigenvalue weighted by Gasteiger charge is -2.03. The van der Waals surface area contributed by atoms with Crippen LogP contribution < -0.4 is 0 Å². The van der Waals surface area contributed by atoms with Crippen LogP contribution in [0.3, 0.4) is 0 Å². The summed E-state index contributed by atoms with van der Waals surface area (Å²) in [5.41, 5.74) is 0.598. The Balaban J connectivity index is 2.11. The molecule has 0 saturated heterocycles. The maximum atomic E-state index is 9.95. The first-order valence-electron chi connectivity index (χ1n) is 5.21. The van der Waals surface area contributed by atoms with Crippen molar-refractivity contribution in [1.29, 1.82) is 0 Å². The van der Waals surface area contributed by atoms with Gasteiger partial charge in [0.05, 0.1) is 5.02 Å². The number of aliphatic hydroxyl groups is 1. The van der Waals surface area contributed by atoms with Crippen LogP contribution in [0.4, 0.5) is 0 Å². The summed E-state index contributed by atoms with van der Waals surface area (Å²) in [4.78, 5) is 0. The Morgan fingerprint density at radius 2 is 2.00 bits per heavy atom.